The van der Waals surface area contributed by atoms with Crippen molar-refractivity contribution in [3.05, 3.63) is 431 Å². The third-order valence-electron chi connectivity index (χ3n) is 21.6. The summed E-state index contributed by atoms with van der Waals surface area (Å²) >= 11 is 5.56. The number of rotatable bonds is 9. The molecule has 0 fully saturated rings. The van der Waals surface area contributed by atoms with Gasteiger partial charge in [0, 0.05) is 46.4 Å². The normalized spacial score (nSPS) is 12.3. The van der Waals surface area contributed by atoms with Gasteiger partial charge in [0.1, 0.15) is 0 Å². The van der Waals surface area contributed by atoms with E-state index in [1.54, 1.807) is 0 Å². The molecule has 0 aliphatic carbocycles. The van der Waals surface area contributed by atoms with Crippen LogP contribution in [-0.2, 0) is 0 Å². The fourth-order valence-corrected chi connectivity index (χ4v) is 19.5. The Morgan fingerprint density at radius 1 is 0.143 bits per heavy atom. The molecule has 3 aliphatic rings. The zero-order valence-electron chi connectivity index (χ0n) is 61.1. The molecule has 3 aliphatic heterocycles. The molecule has 0 N–H and O–H groups in total. The van der Waals surface area contributed by atoms with Crippen molar-refractivity contribution in [2.75, 3.05) is 14.7 Å². The molecular formula is C106H71N3S3. The van der Waals surface area contributed by atoms with E-state index in [0.29, 0.717) is 0 Å². The fraction of sp³-hybridized carbons (Fsp3) is 0. The molecule has 0 aromatic heterocycles. The average molecular weight is 1480 g/mol. The summed E-state index contributed by atoms with van der Waals surface area (Å²) < 4.78 is 0. The molecule has 19 aromatic carbocycles. The van der Waals surface area contributed by atoms with Gasteiger partial charge in [0.2, 0.25) is 0 Å². The maximum atomic E-state index is 2.41. The van der Waals surface area contributed by atoms with Crippen LogP contribution in [0.15, 0.2) is 460 Å². The van der Waals surface area contributed by atoms with Crippen molar-refractivity contribution in [1.82, 2.24) is 0 Å². The van der Waals surface area contributed by atoms with E-state index in [1.807, 2.05) is 35.3 Å². The molecule has 0 unspecified atom stereocenters. The molecule has 0 atom stereocenters. The van der Waals surface area contributed by atoms with Crippen molar-refractivity contribution in [3.63, 3.8) is 0 Å². The molecule has 19 aromatic rings. The van der Waals surface area contributed by atoms with E-state index in [2.05, 4.69) is 445 Å². The van der Waals surface area contributed by atoms with Gasteiger partial charge in [0.15, 0.2) is 0 Å². The lowest BCUT2D eigenvalue weighted by Crippen LogP contribution is -2.14. The minimum absolute atomic E-state index is 1.17. The Morgan fingerprint density at radius 2 is 0.446 bits per heavy atom. The summed E-state index contributed by atoms with van der Waals surface area (Å²) in [7, 11) is 0. The maximum absolute atomic E-state index is 2.41. The van der Waals surface area contributed by atoms with Crippen molar-refractivity contribution in [1.29, 1.82) is 0 Å². The molecule has 0 bridgehead atoms. The first-order valence-corrected chi connectivity index (χ1v) is 40.5. The van der Waals surface area contributed by atoms with E-state index in [9.17, 15) is 0 Å². The quantitative estimate of drug-likeness (QED) is 0.141. The third kappa shape index (κ3) is 13.0. The van der Waals surface area contributed by atoms with Crippen LogP contribution in [-0.4, -0.2) is 0 Å². The second-order valence-corrected chi connectivity index (χ2v) is 31.5. The summed E-state index contributed by atoms with van der Waals surface area (Å²) in [5.74, 6) is 0. The van der Waals surface area contributed by atoms with Crippen LogP contribution in [0.1, 0.15) is 0 Å². The smallest absolute Gasteiger partial charge is 0.0602 e. The molecule has 22 rings (SSSR count). The molecule has 3 nitrogen and oxygen atoms in total. The number of anilines is 9. The topological polar surface area (TPSA) is 9.72 Å². The standard InChI is InChI=1S/C38H25NS.2C34H23NS/c1-2-11-27(12-3-1)31-21-22-32(34-15-7-6-14-33(31)34)29-19-23-36-38(25-29)40-37-17-9-8-16-35(37)39(36)30-20-18-26-10-4-5-13-28(26)24-30;1-2-11-28(12-3-1)35-31-15-6-7-16-33(31)36-34-23-27(21-22-32(34)35)24-17-19-26(20-18-24)30-14-8-10-25-9-4-5-13-29(25)30;1-2-9-24(10-3-1)27-19-22-32-34(23-27)36-33-16-7-6-15-31(33)35(32)28-20-17-26(18-21-28)30-14-8-12-25-11-4-5-13-29(25)30/h1-25H;2*1-23H. The minimum atomic E-state index is 1.17. The highest BCUT2D eigenvalue weighted by Crippen LogP contribution is 2.56. The van der Waals surface area contributed by atoms with E-state index in [0.717, 1.165) is 0 Å². The first kappa shape index (κ1) is 68.0. The Labute approximate surface area is 666 Å². The van der Waals surface area contributed by atoms with E-state index < -0.39 is 0 Å². The van der Waals surface area contributed by atoms with Crippen LogP contribution >= 0.6 is 35.3 Å². The Kier molecular flexibility index (Phi) is 18.2. The van der Waals surface area contributed by atoms with Crippen LogP contribution in [0.2, 0.25) is 0 Å². The summed E-state index contributed by atoms with van der Waals surface area (Å²) in [5.41, 5.74) is 25.8. The Morgan fingerprint density at radius 3 is 0.955 bits per heavy atom. The molecule has 0 amide bonds. The van der Waals surface area contributed by atoms with Gasteiger partial charge < -0.3 is 14.7 Å². The number of hydrogen-bond donors (Lipinski definition) is 0. The van der Waals surface area contributed by atoms with Gasteiger partial charge >= 0.3 is 0 Å². The molecule has 0 saturated heterocycles. The highest BCUT2D eigenvalue weighted by molar-refractivity contribution is 8.00. The summed E-state index contributed by atoms with van der Waals surface area (Å²) in [6.07, 6.45) is 0. The van der Waals surface area contributed by atoms with Gasteiger partial charge in [-0.15, -0.1) is 0 Å². The van der Waals surface area contributed by atoms with Crippen molar-refractivity contribution in [3.8, 4) is 66.8 Å². The van der Waals surface area contributed by atoms with E-state index in [-0.39, 0.29) is 0 Å². The second-order valence-electron chi connectivity index (χ2n) is 28.2. The first-order valence-electron chi connectivity index (χ1n) is 38.0. The predicted molar refractivity (Wildman–Crippen MR) is 478 cm³/mol. The average Bonchev–Trinajstić information content (AvgIpc) is 0.766. The zero-order chi connectivity index (χ0) is 74.3. The fourth-order valence-electron chi connectivity index (χ4n) is 16.2. The number of nitrogens with zero attached hydrogens (tertiary/aromatic N) is 3. The monoisotopic (exact) mass is 1480 g/mol. The highest BCUT2D eigenvalue weighted by atomic mass is 32.2. The number of benzene rings is 19. The Bertz CT molecular complexity index is 6730. The van der Waals surface area contributed by atoms with Crippen molar-refractivity contribution >= 4 is 130 Å². The van der Waals surface area contributed by atoms with Crippen LogP contribution in [0.3, 0.4) is 0 Å². The molecule has 0 saturated carbocycles. The maximum Gasteiger partial charge on any atom is 0.0602 e. The number of hydrogen-bond acceptors (Lipinski definition) is 6. The van der Waals surface area contributed by atoms with Crippen LogP contribution in [0.25, 0.3) is 110 Å². The highest BCUT2D eigenvalue weighted by Gasteiger charge is 2.29. The zero-order valence-corrected chi connectivity index (χ0v) is 63.5. The van der Waals surface area contributed by atoms with Gasteiger partial charge in [-0.05, 0) is 219 Å². The van der Waals surface area contributed by atoms with Crippen molar-refractivity contribution in [2.24, 2.45) is 0 Å². The Balaban J connectivity index is 0.000000110. The van der Waals surface area contributed by atoms with Crippen LogP contribution < -0.4 is 14.7 Å². The SMILES string of the molecule is c1ccc(-c2ccc(-c3ccc4c(c3)Sc3ccccc3N4c3ccc4ccccc4c3)c3ccccc23)cc1.c1ccc(-c2ccc3c(c2)Sc2ccccc2N3c2ccc(-c3cccc4ccccc34)cc2)cc1.c1ccc(N2c3ccccc3Sc3cc(-c4ccc(-c5cccc6ccccc56)cc4)ccc32)cc1. The first-order chi connectivity index (χ1) is 55.5. The second kappa shape index (κ2) is 29.9. The summed E-state index contributed by atoms with van der Waals surface area (Å²) in [6, 6.07) is 155. The predicted octanol–water partition coefficient (Wildman–Crippen LogP) is 31.5. The molecule has 3 heterocycles. The van der Waals surface area contributed by atoms with Gasteiger partial charge in [-0.3, -0.25) is 0 Å². The van der Waals surface area contributed by atoms with E-state index in [4.69, 9.17) is 0 Å². The van der Waals surface area contributed by atoms with Crippen molar-refractivity contribution in [2.45, 2.75) is 29.4 Å². The van der Waals surface area contributed by atoms with Crippen LogP contribution in [0, 0.1) is 0 Å². The third-order valence-corrected chi connectivity index (χ3v) is 24.9. The van der Waals surface area contributed by atoms with Crippen molar-refractivity contribution < 1.29 is 0 Å². The molecular weight excluding hydrogens is 1410 g/mol. The number of para-hydroxylation sites is 4. The lowest BCUT2D eigenvalue weighted by Gasteiger charge is -2.33. The molecule has 528 valence electrons. The molecule has 112 heavy (non-hydrogen) atoms. The molecule has 6 heteroatoms. The van der Waals surface area contributed by atoms with Gasteiger partial charge in [-0.2, -0.15) is 0 Å². The van der Waals surface area contributed by atoms with Crippen LogP contribution in [0.5, 0.6) is 0 Å². The lowest BCUT2D eigenvalue weighted by atomic mass is 9.92. The van der Waals surface area contributed by atoms with Gasteiger partial charge in [-0.1, -0.05) is 357 Å². The van der Waals surface area contributed by atoms with Gasteiger partial charge in [0.25, 0.3) is 0 Å². The van der Waals surface area contributed by atoms with E-state index >= 15 is 0 Å². The summed E-state index contributed by atoms with van der Waals surface area (Å²) in [6.45, 7) is 0. The largest absolute Gasteiger partial charge is 0.308 e. The van der Waals surface area contributed by atoms with Gasteiger partial charge in [-0.25, -0.2) is 0 Å². The lowest BCUT2D eigenvalue weighted by molar-refractivity contribution is 1.17. The van der Waals surface area contributed by atoms with Crippen LogP contribution in [0.4, 0.5) is 51.2 Å². The molecule has 0 spiro atoms. The molecule has 0 radical (unpaired) electrons. The number of fused-ring (bicyclic) bond motifs is 10. The summed E-state index contributed by atoms with van der Waals surface area (Å²) in [5, 5.41) is 10.2. The summed E-state index contributed by atoms with van der Waals surface area (Å²) in [4.78, 5) is 14.8. The van der Waals surface area contributed by atoms with E-state index in [1.165, 1.54) is 190 Å². The minimum Gasteiger partial charge on any atom is -0.308 e. The Hall–Kier alpha value is -13.3. The van der Waals surface area contributed by atoms with Gasteiger partial charge in [0.05, 0.1) is 34.1 Å².